The summed E-state index contributed by atoms with van der Waals surface area (Å²) in [6.45, 7) is 5.08. The summed E-state index contributed by atoms with van der Waals surface area (Å²) < 4.78 is 5.57. The number of morpholine rings is 1. The normalized spacial score (nSPS) is 19.1. The van der Waals surface area contributed by atoms with Crippen LogP contribution in [0.1, 0.15) is 17.9 Å². The summed E-state index contributed by atoms with van der Waals surface area (Å²) in [5.74, 6) is 3.22. The second-order valence-electron chi connectivity index (χ2n) is 8.47. The highest BCUT2D eigenvalue weighted by atomic mass is 16.5. The molecule has 0 saturated carbocycles. The predicted octanol–water partition coefficient (Wildman–Crippen LogP) is 3.85. The van der Waals surface area contributed by atoms with Crippen LogP contribution in [0.2, 0.25) is 0 Å². The number of pyridine rings is 1. The Hall–Kier alpha value is -3.45. The maximum atomic E-state index is 5.57. The van der Waals surface area contributed by atoms with E-state index >= 15 is 0 Å². The first-order valence-corrected chi connectivity index (χ1v) is 11.3. The van der Waals surface area contributed by atoms with Gasteiger partial charge in [0, 0.05) is 73.2 Å². The summed E-state index contributed by atoms with van der Waals surface area (Å²) in [7, 11) is 0. The number of nitrogens with zero attached hydrogens (tertiary/aromatic N) is 5. The van der Waals surface area contributed by atoms with E-state index in [0.717, 1.165) is 79.7 Å². The third kappa shape index (κ3) is 3.58. The molecule has 1 N–H and O–H groups in total. The zero-order valence-corrected chi connectivity index (χ0v) is 17.9. The number of fused-ring (bicyclic) bond motifs is 1. The van der Waals surface area contributed by atoms with Gasteiger partial charge in [-0.2, -0.15) is 0 Å². The van der Waals surface area contributed by atoms with Crippen molar-refractivity contribution in [2.24, 2.45) is 0 Å². The van der Waals surface area contributed by atoms with Crippen molar-refractivity contribution in [1.29, 1.82) is 0 Å². The molecule has 5 heterocycles. The van der Waals surface area contributed by atoms with Crippen LogP contribution in [0.5, 0.6) is 0 Å². The number of aromatic nitrogens is 4. The van der Waals surface area contributed by atoms with Crippen molar-refractivity contribution >= 4 is 22.5 Å². The minimum absolute atomic E-state index is 0.474. The average molecular weight is 427 g/mol. The van der Waals surface area contributed by atoms with Crippen LogP contribution in [0, 0.1) is 0 Å². The molecule has 4 aromatic rings. The Bertz CT molecular complexity index is 1220. The molecule has 1 aromatic carbocycles. The number of nitrogens with one attached hydrogen (secondary N) is 1. The second kappa shape index (κ2) is 8.24. The Labute approximate surface area is 187 Å². The fourth-order valence-corrected chi connectivity index (χ4v) is 4.80. The van der Waals surface area contributed by atoms with Gasteiger partial charge in [-0.15, -0.1) is 0 Å². The fraction of sp³-hybridized carbons (Fsp3) is 0.320. The lowest BCUT2D eigenvalue weighted by Crippen LogP contribution is -2.37. The van der Waals surface area contributed by atoms with E-state index in [1.54, 1.807) is 0 Å². The third-order valence-corrected chi connectivity index (χ3v) is 6.54. The molecular weight excluding hydrogens is 400 g/mol. The number of H-pyrrole nitrogens is 1. The van der Waals surface area contributed by atoms with Gasteiger partial charge in [-0.3, -0.25) is 4.98 Å². The third-order valence-electron chi connectivity index (χ3n) is 6.54. The number of hydrogen-bond donors (Lipinski definition) is 1. The monoisotopic (exact) mass is 426 g/mol. The van der Waals surface area contributed by atoms with Crippen molar-refractivity contribution in [3.63, 3.8) is 0 Å². The van der Waals surface area contributed by atoms with Gasteiger partial charge in [0.1, 0.15) is 11.6 Å². The second-order valence-corrected chi connectivity index (χ2v) is 8.47. The van der Waals surface area contributed by atoms with Gasteiger partial charge in [-0.25, -0.2) is 9.97 Å². The minimum Gasteiger partial charge on any atom is -0.378 e. The molecular formula is C25H26N6O. The Morgan fingerprint density at radius 3 is 2.66 bits per heavy atom. The molecule has 2 saturated heterocycles. The van der Waals surface area contributed by atoms with Gasteiger partial charge in [0.05, 0.1) is 13.2 Å². The standard InChI is InChI=1S/C25H26N6O/c1-4-21(20-6-9-27-22(20)5-1)25-28-23(30-11-13-32-14-12-30)15-24(29-25)31-10-7-19(17-31)18-3-2-8-26-16-18/h1-6,8-9,15-16,19,27H,7,10-14,17H2. The summed E-state index contributed by atoms with van der Waals surface area (Å²) in [4.78, 5) is 22.4. The molecule has 1 atom stereocenters. The molecule has 2 aliphatic rings. The molecule has 3 aromatic heterocycles. The Morgan fingerprint density at radius 1 is 0.938 bits per heavy atom. The van der Waals surface area contributed by atoms with E-state index in [2.05, 4.69) is 56.2 Å². The largest absolute Gasteiger partial charge is 0.378 e. The maximum Gasteiger partial charge on any atom is 0.164 e. The van der Waals surface area contributed by atoms with Crippen molar-refractivity contribution in [2.45, 2.75) is 12.3 Å². The first-order chi connectivity index (χ1) is 15.8. The quantitative estimate of drug-likeness (QED) is 0.535. The number of benzene rings is 1. The van der Waals surface area contributed by atoms with Crippen LogP contribution in [-0.2, 0) is 4.74 Å². The average Bonchev–Trinajstić information content (AvgIpc) is 3.55. The zero-order chi connectivity index (χ0) is 21.3. The first kappa shape index (κ1) is 19.3. The highest BCUT2D eigenvalue weighted by molar-refractivity contribution is 5.93. The molecule has 7 heteroatoms. The summed E-state index contributed by atoms with van der Waals surface area (Å²) in [6, 6.07) is 14.7. The van der Waals surface area contributed by atoms with Crippen LogP contribution < -0.4 is 9.80 Å². The number of anilines is 2. The molecule has 162 valence electrons. The molecule has 0 amide bonds. The van der Waals surface area contributed by atoms with Crippen molar-refractivity contribution in [1.82, 2.24) is 19.9 Å². The lowest BCUT2D eigenvalue weighted by Gasteiger charge is -2.29. The molecule has 1 unspecified atom stereocenters. The van der Waals surface area contributed by atoms with Gasteiger partial charge in [0.2, 0.25) is 0 Å². The Morgan fingerprint density at radius 2 is 1.81 bits per heavy atom. The van der Waals surface area contributed by atoms with Crippen LogP contribution in [0.3, 0.4) is 0 Å². The van der Waals surface area contributed by atoms with Crippen LogP contribution in [-0.4, -0.2) is 59.3 Å². The topological polar surface area (TPSA) is 70.2 Å². The van der Waals surface area contributed by atoms with Gasteiger partial charge in [0.25, 0.3) is 0 Å². The van der Waals surface area contributed by atoms with Crippen molar-refractivity contribution in [3.8, 4) is 11.4 Å². The smallest absolute Gasteiger partial charge is 0.164 e. The van der Waals surface area contributed by atoms with E-state index in [1.165, 1.54) is 5.56 Å². The van der Waals surface area contributed by atoms with Crippen LogP contribution in [0.4, 0.5) is 11.6 Å². The van der Waals surface area contributed by atoms with Crippen LogP contribution in [0.25, 0.3) is 22.3 Å². The highest BCUT2D eigenvalue weighted by Crippen LogP contribution is 2.34. The predicted molar refractivity (Wildman–Crippen MR) is 126 cm³/mol. The Balaban J connectivity index is 1.39. The number of hydrogen-bond acceptors (Lipinski definition) is 6. The zero-order valence-electron chi connectivity index (χ0n) is 17.9. The van der Waals surface area contributed by atoms with Crippen LogP contribution in [0.15, 0.2) is 61.1 Å². The van der Waals surface area contributed by atoms with E-state index in [0.29, 0.717) is 5.92 Å². The lowest BCUT2D eigenvalue weighted by atomic mass is 10.0. The SMILES string of the molecule is c1cncc(C2CCN(c3cc(N4CCOCC4)nc(-c4cccc5[nH]ccc45)n3)C2)c1. The number of rotatable bonds is 4. The summed E-state index contributed by atoms with van der Waals surface area (Å²) >= 11 is 0. The number of aromatic amines is 1. The molecule has 0 bridgehead atoms. The molecule has 2 aliphatic heterocycles. The summed E-state index contributed by atoms with van der Waals surface area (Å²) in [5, 5.41) is 1.15. The molecule has 2 fully saturated rings. The lowest BCUT2D eigenvalue weighted by molar-refractivity contribution is 0.122. The van der Waals surface area contributed by atoms with Gasteiger partial charge in [0.15, 0.2) is 5.82 Å². The molecule has 6 rings (SSSR count). The van der Waals surface area contributed by atoms with Crippen LogP contribution >= 0.6 is 0 Å². The Kier molecular flexibility index (Phi) is 4.96. The molecule has 0 radical (unpaired) electrons. The minimum atomic E-state index is 0.474. The van der Waals surface area contributed by atoms with Gasteiger partial charge < -0.3 is 19.5 Å². The van der Waals surface area contributed by atoms with E-state index < -0.39 is 0 Å². The highest BCUT2D eigenvalue weighted by Gasteiger charge is 2.27. The van der Waals surface area contributed by atoms with E-state index in [-0.39, 0.29) is 0 Å². The molecule has 32 heavy (non-hydrogen) atoms. The van der Waals surface area contributed by atoms with Gasteiger partial charge in [-0.1, -0.05) is 18.2 Å². The van der Waals surface area contributed by atoms with Crippen molar-refractivity contribution < 1.29 is 4.74 Å². The van der Waals surface area contributed by atoms with Crippen molar-refractivity contribution in [2.75, 3.05) is 49.2 Å². The van der Waals surface area contributed by atoms with E-state index in [9.17, 15) is 0 Å². The molecule has 0 spiro atoms. The van der Waals surface area contributed by atoms with E-state index in [1.807, 2.05) is 24.7 Å². The maximum absolute atomic E-state index is 5.57. The first-order valence-electron chi connectivity index (χ1n) is 11.3. The summed E-state index contributed by atoms with van der Waals surface area (Å²) in [5.41, 5.74) is 3.46. The van der Waals surface area contributed by atoms with E-state index in [4.69, 9.17) is 14.7 Å². The number of ether oxygens (including phenoxy) is 1. The van der Waals surface area contributed by atoms with Crippen molar-refractivity contribution in [3.05, 3.63) is 66.6 Å². The van der Waals surface area contributed by atoms with Gasteiger partial charge >= 0.3 is 0 Å². The van der Waals surface area contributed by atoms with Gasteiger partial charge in [-0.05, 0) is 30.2 Å². The fourth-order valence-electron chi connectivity index (χ4n) is 4.80. The molecule has 0 aliphatic carbocycles. The summed E-state index contributed by atoms with van der Waals surface area (Å²) in [6.07, 6.45) is 6.90. The molecule has 7 nitrogen and oxygen atoms in total.